The molecule has 0 aliphatic carbocycles. The first-order valence-electron chi connectivity index (χ1n) is 9.30. The molecule has 0 aliphatic heterocycles. The van der Waals surface area contributed by atoms with Gasteiger partial charge in [-0.2, -0.15) is 0 Å². The van der Waals surface area contributed by atoms with Crippen molar-refractivity contribution in [2.24, 2.45) is 0 Å². The van der Waals surface area contributed by atoms with E-state index in [9.17, 15) is 9.59 Å². The van der Waals surface area contributed by atoms with Crippen LogP contribution < -0.4 is 20.3 Å². The number of hydrogen-bond donors (Lipinski definition) is 2. The molecule has 0 radical (unpaired) electrons. The molecular formula is C23H21BrN2O4. The molecule has 0 unspecified atom stereocenters. The van der Waals surface area contributed by atoms with Crippen molar-refractivity contribution in [2.75, 3.05) is 13.2 Å². The third-order valence-corrected chi connectivity index (χ3v) is 5.06. The van der Waals surface area contributed by atoms with Crippen LogP contribution in [-0.2, 0) is 0 Å². The Hall–Kier alpha value is -3.32. The quantitative estimate of drug-likeness (QED) is 0.400. The molecule has 0 heterocycles. The number of hydrogen-bond acceptors (Lipinski definition) is 4. The molecule has 3 aromatic rings. The van der Waals surface area contributed by atoms with E-state index in [1.54, 1.807) is 36.4 Å². The van der Waals surface area contributed by atoms with E-state index >= 15 is 0 Å². The maximum absolute atomic E-state index is 12.2. The van der Waals surface area contributed by atoms with Crippen LogP contribution in [0.4, 0.5) is 0 Å². The lowest BCUT2D eigenvalue weighted by Crippen LogP contribution is -2.41. The number of carbonyl (C=O) groups is 2. The Morgan fingerprint density at radius 3 is 1.90 bits per heavy atom. The van der Waals surface area contributed by atoms with Gasteiger partial charge in [0.2, 0.25) is 0 Å². The van der Waals surface area contributed by atoms with Gasteiger partial charge in [0.05, 0.1) is 0 Å². The lowest BCUT2D eigenvalue weighted by atomic mass is 10.1. The first-order valence-corrected chi connectivity index (χ1v) is 10.1. The highest BCUT2D eigenvalue weighted by atomic mass is 79.9. The number of rotatable bonds is 7. The van der Waals surface area contributed by atoms with Gasteiger partial charge in [0.15, 0.2) is 0 Å². The fourth-order valence-electron chi connectivity index (χ4n) is 2.53. The van der Waals surface area contributed by atoms with Crippen molar-refractivity contribution in [3.8, 4) is 11.5 Å². The Morgan fingerprint density at radius 2 is 1.30 bits per heavy atom. The summed E-state index contributed by atoms with van der Waals surface area (Å²) in [6, 6.07) is 21.3. The van der Waals surface area contributed by atoms with Crippen molar-refractivity contribution >= 4 is 27.7 Å². The average molecular weight is 469 g/mol. The molecule has 2 N–H and O–H groups in total. The average Bonchev–Trinajstić information content (AvgIpc) is 2.78. The minimum absolute atomic E-state index is 0.378. The lowest BCUT2D eigenvalue weighted by Gasteiger charge is -2.10. The van der Waals surface area contributed by atoms with Crippen LogP contribution >= 0.6 is 15.9 Å². The van der Waals surface area contributed by atoms with Crippen molar-refractivity contribution in [3.05, 3.63) is 94.0 Å². The Balaban J connectivity index is 1.44. The zero-order valence-electron chi connectivity index (χ0n) is 16.4. The van der Waals surface area contributed by atoms with E-state index in [0.29, 0.717) is 30.1 Å². The predicted octanol–water partition coefficient (Wildman–Crippen LogP) is 4.29. The highest BCUT2D eigenvalue weighted by Gasteiger charge is 2.10. The molecule has 0 aliphatic rings. The van der Waals surface area contributed by atoms with Crippen molar-refractivity contribution in [1.82, 2.24) is 10.9 Å². The normalized spacial score (nSPS) is 10.2. The summed E-state index contributed by atoms with van der Waals surface area (Å²) in [6.45, 7) is 2.72. The first kappa shape index (κ1) is 21.4. The number of amides is 2. The van der Waals surface area contributed by atoms with Crippen molar-refractivity contribution < 1.29 is 19.1 Å². The maximum atomic E-state index is 12.2. The van der Waals surface area contributed by atoms with E-state index < -0.39 is 11.8 Å². The number of carbonyl (C=O) groups excluding carboxylic acids is 2. The lowest BCUT2D eigenvalue weighted by molar-refractivity contribution is 0.0846. The molecule has 0 saturated heterocycles. The second-order valence-corrected chi connectivity index (χ2v) is 7.26. The SMILES string of the molecule is Cc1ccc(C(=O)NNC(=O)c2ccc(OCCOc3ccccc3)cc2)cc1Br. The molecule has 3 aromatic carbocycles. The number of benzene rings is 3. The number of ether oxygens (including phenoxy) is 2. The number of para-hydroxylation sites is 1. The molecule has 2 amide bonds. The number of hydrazine groups is 1. The molecule has 0 atom stereocenters. The van der Waals surface area contributed by atoms with Crippen LogP contribution in [0.25, 0.3) is 0 Å². The van der Waals surface area contributed by atoms with Gasteiger partial charge in [-0.25, -0.2) is 0 Å². The van der Waals surface area contributed by atoms with Crippen LogP contribution in [-0.4, -0.2) is 25.0 Å². The van der Waals surface area contributed by atoms with Crippen molar-refractivity contribution in [2.45, 2.75) is 6.92 Å². The first-order chi connectivity index (χ1) is 14.5. The number of nitrogens with one attached hydrogen (secondary N) is 2. The fraction of sp³-hybridized carbons (Fsp3) is 0.130. The highest BCUT2D eigenvalue weighted by Crippen LogP contribution is 2.17. The van der Waals surface area contributed by atoms with Crippen LogP contribution in [0.2, 0.25) is 0 Å². The van der Waals surface area contributed by atoms with Gasteiger partial charge in [-0.15, -0.1) is 0 Å². The van der Waals surface area contributed by atoms with Gasteiger partial charge in [-0.3, -0.25) is 20.4 Å². The molecule has 6 nitrogen and oxygen atoms in total. The summed E-state index contributed by atoms with van der Waals surface area (Å²) in [5.41, 5.74) is 6.67. The summed E-state index contributed by atoms with van der Waals surface area (Å²) < 4.78 is 12.0. The van der Waals surface area contributed by atoms with Crippen LogP contribution in [0.1, 0.15) is 26.3 Å². The van der Waals surface area contributed by atoms with Gasteiger partial charge in [-0.1, -0.05) is 40.2 Å². The van der Waals surface area contributed by atoms with E-state index in [1.807, 2.05) is 43.3 Å². The Kier molecular flexibility index (Phi) is 7.45. The van der Waals surface area contributed by atoms with Crippen LogP contribution in [0.5, 0.6) is 11.5 Å². The minimum atomic E-state index is -0.423. The van der Waals surface area contributed by atoms with E-state index in [0.717, 1.165) is 15.8 Å². The summed E-state index contributed by atoms with van der Waals surface area (Å²) in [6.07, 6.45) is 0. The third kappa shape index (κ3) is 6.09. The van der Waals surface area contributed by atoms with Crippen LogP contribution in [0, 0.1) is 6.92 Å². The molecule has 0 saturated carbocycles. The number of halogens is 1. The smallest absolute Gasteiger partial charge is 0.269 e. The molecule has 0 spiro atoms. The summed E-state index contributed by atoms with van der Waals surface area (Å²) in [7, 11) is 0. The third-order valence-electron chi connectivity index (χ3n) is 4.20. The Morgan fingerprint density at radius 1 is 0.767 bits per heavy atom. The monoisotopic (exact) mass is 468 g/mol. The molecule has 3 rings (SSSR count). The van der Waals surface area contributed by atoms with E-state index in [4.69, 9.17) is 9.47 Å². The van der Waals surface area contributed by atoms with Gasteiger partial charge in [-0.05, 0) is 61.0 Å². The zero-order chi connectivity index (χ0) is 21.3. The standard InChI is InChI=1S/C23H21BrN2O4/c1-16-7-8-18(15-21(16)24)23(28)26-25-22(27)17-9-11-20(12-10-17)30-14-13-29-19-5-3-2-4-6-19/h2-12,15H,13-14H2,1H3,(H,25,27)(H,26,28). The summed E-state index contributed by atoms with van der Waals surface area (Å²) in [5.74, 6) is 0.584. The largest absolute Gasteiger partial charge is 0.490 e. The molecular weight excluding hydrogens is 448 g/mol. The molecule has 0 fully saturated rings. The van der Waals surface area contributed by atoms with E-state index in [1.165, 1.54) is 0 Å². The predicted molar refractivity (Wildman–Crippen MR) is 118 cm³/mol. The van der Waals surface area contributed by atoms with Crippen LogP contribution in [0.15, 0.2) is 77.3 Å². The summed E-state index contributed by atoms with van der Waals surface area (Å²) >= 11 is 3.39. The second kappa shape index (κ2) is 10.5. The Bertz CT molecular complexity index is 1010. The van der Waals surface area contributed by atoms with Gasteiger partial charge >= 0.3 is 0 Å². The fourth-order valence-corrected chi connectivity index (χ4v) is 2.91. The van der Waals surface area contributed by atoms with Gasteiger partial charge in [0, 0.05) is 15.6 Å². The minimum Gasteiger partial charge on any atom is -0.490 e. The summed E-state index contributed by atoms with van der Waals surface area (Å²) in [5, 5.41) is 0. The van der Waals surface area contributed by atoms with E-state index in [2.05, 4.69) is 26.8 Å². The number of aryl methyl sites for hydroxylation is 1. The van der Waals surface area contributed by atoms with Crippen molar-refractivity contribution in [1.29, 1.82) is 0 Å². The molecule has 0 bridgehead atoms. The van der Waals surface area contributed by atoms with Gasteiger partial charge in [0.1, 0.15) is 24.7 Å². The summed E-state index contributed by atoms with van der Waals surface area (Å²) in [4.78, 5) is 24.4. The maximum Gasteiger partial charge on any atom is 0.269 e. The highest BCUT2D eigenvalue weighted by molar-refractivity contribution is 9.10. The van der Waals surface area contributed by atoms with Gasteiger partial charge in [0.25, 0.3) is 11.8 Å². The molecule has 30 heavy (non-hydrogen) atoms. The van der Waals surface area contributed by atoms with E-state index in [-0.39, 0.29) is 0 Å². The topological polar surface area (TPSA) is 76.7 Å². The van der Waals surface area contributed by atoms with Gasteiger partial charge < -0.3 is 9.47 Å². The zero-order valence-corrected chi connectivity index (χ0v) is 17.9. The van der Waals surface area contributed by atoms with Crippen LogP contribution in [0.3, 0.4) is 0 Å². The molecule has 7 heteroatoms. The van der Waals surface area contributed by atoms with Crippen molar-refractivity contribution in [3.63, 3.8) is 0 Å². The second-order valence-electron chi connectivity index (χ2n) is 6.41. The molecule has 154 valence electrons. The molecule has 0 aromatic heterocycles. The Labute approximate surface area is 183 Å².